The third-order valence-electron chi connectivity index (χ3n) is 2.65. The molecule has 14 heavy (non-hydrogen) atoms. The SMILES string of the molecule is Cc1nc(C2CC2C)sc1CC(=O)O. The molecule has 0 radical (unpaired) electrons. The summed E-state index contributed by atoms with van der Waals surface area (Å²) in [5.41, 5.74) is 0.895. The molecule has 76 valence electrons. The maximum atomic E-state index is 10.6. The normalized spacial score (nSPS) is 25.0. The van der Waals surface area contributed by atoms with Crippen molar-refractivity contribution in [1.82, 2.24) is 4.98 Å². The van der Waals surface area contributed by atoms with Gasteiger partial charge >= 0.3 is 5.97 Å². The van der Waals surface area contributed by atoms with Gasteiger partial charge in [0.25, 0.3) is 0 Å². The topological polar surface area (TPSA) is 50.2 Å². The summed E-state index contributed by atoms with van der Waals surface area (Å²) in [4.78, 5) is 15.9. The van der Waals surface area contributed by atoms with E-state index in [-0.39, 0.29) is 6.42 Å². The van der Waals surface area contributed by atoms with Gasteiger partial charge in [-0.1, -0.05) is 6.92 Å². The van der Waals surface area contributed by atoms with Gasteiger partial charge in [-0.3, -0.25) is 4.79 Å². The third kappa shape index (κ3) is 1.80. The number of aromatic nitrogens is 1. The zero-order chi connectivity index (χ0) is 10.3. The van der Waals surface area contributed by atoms with Gasteiger partial charge in [-0.2, -0.15) is 0 Å². The number of aryl methyl sites for hydroxylation is 1. The predicted octanol–water partition coefficient (Wildman–Crippen LogP) is 2.20. The highest BCUT2D eigenvalue weighted by Crippen LogP contribution is 2.48. The van der Waals surface area contributed by atoms with Crippen LogP contribution in [0, 0.1) is 12.8 Å². The summed E-state index contributed by atoms with van der Waals surface area (Å²) in [5, 5.41) is 9.82. The summed E-state index contributed by atoms with van der Waals surface area (Å²) < 4.78 is 0. The van der Waals surface area contributed by atoms with Crippen molar-refractivity contribution >= 4 is 17.3 Å². The van der Waals surface area contributed by atoms with E-state index in [1.54, 1.807) is 11.3 Å². The van der Waals surface area contributed by atoms with E-state index in [0.29, 0.717) is 5.92 Å². The Morgan fingerprint density at radius 2 is 2.36 bits per heavy atom. The Bertz CT molecular complexity index is 372. The molecule has 0 saturated heterocycles. The summed E-state index contributed by atoms with van der Waals surface area (Å²) >= 11 is 1.57. The number of rotatable bonds is 3. The quantitative estimate of drug-likeness (QED) is 0.833. The molecular formula is C10H13NO2S. The Balaban J connectivity index is 2.17. The van der Waals surface area contributed by atoms with E-state index in [1.807, 2.05) is 6.92 Å². The van der Waals surface area contributed by atoms with Crippen molar-refractivity contribution in [3.63, 3.8) is 0 Å². The second-order valence-electron chi connectivity index (χ2n) is 3.95. The highest BCUT2D eigenvalue weighted by Gasteiger charge is 2.36. The van der Waals surface area contributed by atoms with Crippen LogP contribution in [0.3, 0.4) is 0 Å². The van der Waals surface area contributed by atoms with Crippen molar-refractivity contribution in [1.29, 1.82) is 0 Å². The molecule has 2 rings (SSSR count). The molecule has 1 aromatic heterocycles. The molecule has 2 unspecified atom stereocenters. The smallest absolute Gasteiger partial charge is 0.308 e. The van der Waals surface area contributed by atoms with Gasteiger partial charge in [0.1, 0.15) is 0 Å². The van der Waals surface area contributed by atoms with Crippen LogP contribution in [0.4, 0.5) is 0 Å². The lowest BCUT2D eigenvalue weighted by molar-refractivity contribution is -0.136. The van der Waals surface area contributed by atoms with Gasteiger partial charge < -0.3 is 5.11 Å². The molecule has 1 aliphatic rings. The molecule has 4 heteroatoms. The molecule has 1 aromatic rings. The first-order valence-electron chi connectivity index (χ1n) is 4.76. The monoisotopic (exact) mass is 211 g/mol. The van der Waals surface area contributed by atoms with Crippen LogP contribution in [0.5, 0.6) is 0 Å². The molecule has 1 heterocycles. The van der Waals surface area contributed by atoms with Gasteiger partial charge in [-0.05, 0) is 19.3 Å². The maximum absolute atomic E-state index is 10.6. The van der Waals surface area contributed by atoms with E-state index < -0.39 is 5.97 Å². The van der Waals surface area contributed by atoms with Crippen molar-refractivity contribution in [3.8, 4) is 0 Å². The maximum Gasteiger partial charge on any atom is 0.308 e. The van der Waals surface area contributed by atoms with Crippen LogP contribution in [0.1, 0.15) is 34.8 Å². The van der Waals surface area contributed by atoms with Crippen molar-refractivity contribution in [2.45, 2.75) is 32.6 Å². The van der Waals surface area contributed by atoms with Crippen molar-refractivity contribution in [3.05, 3.63) is 15.6 Å². The van der Waals surface area contributed by atoms with Crippen LogP contribution in [-0.2, 0) is 11.2 Å². The second kappa shape index (κ2) is 3.35. The largest absolute Gasteiger partial charge is 0.481 e. The molecule has 1 aliphatic carbocycles. The minimum Gasteiger partial charge on any atom is -0.481 e. The van der Waals surface area contributed by atoms with Gasteiger partial charge in [-0.25, -0.2) is 4.98 Å². The van der Waals surface area contributed by atoms with E-state index >= 15 is 0 Å². The first kappa shape index (κ1) is 9.65. The number of thiazole rings is 1. The molecule has 2 atom stereocenters. The van der Waals surface area contributed by atoms with Crippen molar-refractivity contribution in [2.24, 2.45) is 5.92 Å². The number of aliphatic carboxylic acids is 1. The molecule has 3 nitrogen and oxygen atoms in total. The average Bonchev–Trinajstić information content (AvgIpc) is 2.69. The summed E-state index contributed by atoms with van der Waals surface area (Å²) in [6.45, 7) is 4.10. The Labute approximate surface area is 86.8 Å². The van der Waals surface area contributed by atoms with Crippen LogP contribution in [-0.4, -0.2) is 16.1 Å². The van der Waals surface area contributed by atoms with Gasteiger partial charge in [0.2, 0.25) is 0 Å². The number of hydrogen-bond acceptors (Lipinski definition) is 3. The summed E-state index contributed by atoms with van der Waals surface area (Å²) in [7, 11) is 0. The van der Waals surface area contributed by atoms with E-state index in [2.05, 4.69) is 11.9 Å². The Morgan fingerprint density at radius 3 is 2.86 bits per heavy atom. The van der Waals surface area contributed by atoms with Gasteiger partial charge in [0.15, 0.2) is 0 Å². The number of carboxylic acid groups (broad SMARTS) is 1. The Hall–Kier alpha value is -0.900. The first-order valence-corrected chi connectivity index (χ1v) is 5.57. The predicted molar refractivity (Wildman–Crippen MR) is 54.7 cm³/mol. The van der Waals surface area contributed by atoms with Crippen LogP contribution >= 0.6 is 11.3 Å². The second-order valence-corrected chi connectivity index (χ2v) is 5.07. The number of hydrogen-bond donors (Lipinski definition) is 1. The summed E-state index contributed by atoms with van der Waals surface area (Å²) in [5.74, 6) is 0.562. The third-order valence-corrected chi connectivity index (χ3v) is 3.94. The minimum absolute atomic E-state index is 0.116. The lowest BCUT2D eigenvalue weighted by atomic mass is 10.3. The molecule has 0 aliphatic heterocycles. The molecule has 0 bridgehead atoms. The first-order chi connectivity index (χ1) is 6.58. The molecule has 1 saturated carbocycles. The highest BCUT2D eigenvalue weighted by molar-refractivity contribution is 7.12. The van der Waals surface area contributed by atoms with Crippen LogP contribution < -0.4 is 0 Å². The Morgan fingerprint density at radius 1 is 1.71 bits per heavy atom. The fourth-order valence-corrected chi connectivity index (χ4v) is 2.88. The Kier molecular flexibility index (Phi) is 2.31. The highest BCUT2D eigenvalue weighted by atomic mass is 32.1. The van der Waals surface area contributed by atoms with E-state index in [9.17, 15) is 4.79 Å². The van der Waals surface area contributed by atoms with E-state index in [0.717, 1.165) is 21.5 Å². The molecular weight excluding hydrogens is 198 g/mol. The molecule has 0 aromatic carbocycles. The molecule has 1 fully saturated rings. The van der Waals surface area contributed by atoms with Gasteiger partial charge in [-0.15, -0.1) is 11.3 Å². The molecule has 1 N–H and O–H groups in total. The van der Waals surface area contributed by atoms with Crippen molar-refractivity contribution < 1.29 is 9.90 Å². The lowest BCUT2D eigenvalue weighted by Crippen LogP contribution is -1.99. The number of carboxylic acids is 1. The fraction of sp³-hybridized carbons (Fsp3) is 0.600. The van der Waals surface area contributed by atoms with Crippen LogP contribution in [0.15, 0.2) is 0 Å². The van der Waals surface area contributed by atoms with Crippen LogP contribution in [0.2, 0.25) is 0 Å². The number of nitrogens with zero attached hydrogens (tertiary/aromatic N) is 1. The summed E-state index contributed by atoms with van der Waals surface area (Å²) in [6.07, 6.45) is 1.32. The zero-order valence-electron chi connectivity index (χ0n) is 8.28. The average molecular weight is 211 g/mol. The minimum atomic E-state index is -0.771. The van der Waals surface area contributed by atoms with E-state index in [1.165, 1.54) is 6.42 Å². The van der Waals surface area contributed by atoms with Crippen LogP contribution in [0.25, 0.3) is 0 Å². The zero-order valence-corrected chi connectivity index (χ0v) is 9.10. The number of carbonyl (C=O) groups is 1. The fourth-order valence-electron chi connectivity index (χ4n) is 1.58. The summed E-state index contributed by atoms with van der Waals surface area (Å²) in [6, 6.07) is 0. The molecule has 0 spiro atoms. The van der Waals surface area contributed by atoms with Gasteiger partial charge in [0.05, 0.1) is 17.1 Å². The van der Waals surface area contributed by atoms with Gasteiger partial charge in [0, 0.05) is 10.8 Å². The molecule has 0 amide bonds. The standard InChI is InChI=1S/C10H13NO2S/c1-5-3-7(5)10-11-6(2)8(14-10)4-9(12)13/h5,7H,3-4H2,1-2H3,(H,12,13). The van der Waals surface area contributed by atoms with E-state index in [4.69, 9.17) is 5.11 Å². The van der Waals surface area contributed by atoms with Crippen molar-refractivity contribution in [2.75, 3.05) is 0 Å². The lowest BCUT2D eigenvalue weighted by Gasteiger charge is -1.89.